The number of hydrogen-bond acceptors (Lipinski definition) is 6. The number of Topliss-reactive ketones (excluding diaryl/α,β-unsaturated/α-hetero) is 1. The summed E-state index contributed by atoms with van der Waals surface area (Å²) in [4.78, 5) is 54.5. The Balaban J connectivity index is 1.23. The van der Waals surface area contributed by atoms with E-state index in [-0.39, 0.29) is 35.9 Å². The molecule has 184 valence electrons. The molecule has 7 atom stereocenters. The van der Waals surface area contributed by atoms with Gasteiger partial charge in [-0.15, -0.1) is 0 Å². The number of rotatable bonds is 8. The summed E-state index contributed by atoms with van der Waals surface area (Å²) in [5, 5.41) is 0. The minimum atomic E-state index is -1.11. The fraction of sp³-hybridized carbons (Fsp3) is 0.379. The van der Waals surface area contributed by atoms with Gasteiger partial charge in [0, 0.05) is 12.0 Å². The third kappa shape index (κ3) is 3.65. The predicted octanol–water partition coefficient (Wildman–Crippen LogP) is 3.09. The number of hydrogen-bond donors (Lipinski definition) is 0. The summed E-state index contributed by atoms with van der Waals surface area (Å²) in [5.74, 6) is -0.798. The van der Waals surface area contributed by atoms with Crippen molar-refractivity contribution in [3.8, 4) is 5.75 Å². The largest absolute Gasteiger partial charge is 0.497 e. The molecule has 2 saturated carbocycles. The molecule has 2 aromatic carbocycles. The Morgan fingerprint density at radius 2 is 1.53 bits per heavy atom. The highest BCUT2D eigenvalue weighted by atomic mass is 16.5. The van der Waals surface area contributed by atoms with E-state index < -0.39 is 30.5 Å². The van der Waals surface area contributed by atoms with Crippen LogP contribution in [-0.2, 0) is 25.5 Å². The summed E-state index contributed by atoms with van der Waals surface area (Å²) in [5.41, 5.74) is 1.18. The topological polar surface area (TPSA) is 90.0 Å². The zero-order valence-corrected chi connectivity index (χ0v) is 19.9. The van der Waals surface area contributed by atoms with Crippen molar-refractivity contribution in [2.45, 2.75) is 18.9 Å². The van der Waals surface area contributed by atoms with E-state index in [1.165, 1.54) is 7.11 Å². The van der Waals surface area contributed by atoms with Gasteiger partial charge in [-0.2, -0.15) is 0 Å². The molecule has 5 aliphatic rings. The van der Waals surface area contributed by atoms with Gasteiger partial charge >= 0.3 is 5.97 Å². The standard InChI is InChI=1S/C29H27NO6/c1-35-18-9-7-17(8-10-18)24(31)15-36-29(34)23(13-16-5-3-2-4-6-16)30-27(32)25-19-11-12-20(22-14-21(19)22)26(25)28(30)33/h2-12,19-23,25-26H,13-15H2,1H3/t19-,20-,21-,22-,23+,25-,26+/m1/s1. The zero-order valence-electron chi connectivity index (χ0n) is 19.9. The molecule has 1 heterocycles. The Morgan fingerprint density at radius 1 is 0.917 bits per heavy atom. The Morgan fingerprint density at radius 3 is 2.11 bits per heavy atom. The van der Waals surface area contributed by atoms with Crippen molar-refractivity contribution in [3.05, 3.63) is 77.9 Å². The van der Waals surface area contributed by atoms with E-state index in [1.807, 2.05) is 30.3 Å². The van der Waals surface area contributed by atoms with Gasteiger partial charge in [0.2, 0.25) is 11.8 Å². The van der Waals surface area contributed by atoms with Crippen molar-refractivity contribution < 1.29 is 28.7 Å². The van der Waals surface area contributed by atoms with E-state index >= 15 is 0 Å². The third-order valence-electron chi connectivity index (χ3n) is 8.31. The Bertz CT molecular complexity index is 1220. The third-order valence-corrected chi connectivity index (χ3v) is 8.31. The first-order valence-corrected chi connectivity index (χ1v) is 12.4. The molecule has 7 heteroatoms. The van der Waals surface area contributed by atoms with Gasteiger partial charge in [-0.1, -0.05) is 42.5 Å². The number of amides is 2. The number of esters is 1. The van der Waals surface area contributed by atoms with Crippen LogP contribution in [-0.4, -0.2) is 48.2 Å². The first kappa shape index (κ1) is 22.7. The van der Waals surface area contributed by atoms with Crippen molar-refractivity contribution >= 4 is 23.6 Å². The lowest BCUT2D eigenvalue weighted by Crippen LogP contribution is -2.48. The quantitative estimate of drug-likeness (QED) is 0.247. The molecule has 2 amide bonds. The number of ketones is 1. The molecule has 0 spiro atoms. The number of imide groups is 1. The number of carbonyl (C=O) groups excluding carboxylic acids is 4. The van der Waals surface area contributed by atoms with Crippen LogP contribution in [0.15, 0.2) is 66.7 Å². The maximum Gasteiger partial charge on any atom is 0.330 e. The highest BCUT2D eigenvalue weighted by molar-refractivity contribution is 6.09. The van der Waals surface area contributed by atoms with Gasteiger partial charge in [0.25, 0.3) is 0 Å². The number of benzene rings is 2. The summed E-state index contributed by atoms with van der Waals surface area (Å²) in [6.45, 7) is -0.476. The van der Waals surface area contributed by atoms with Gasteiger partial charge < -0.3 is 9.47 Å². The zero-order chi connectivity index (χ0) is 25.0. The molecular weight excluding hydrogens is 458 g/mol. The molecule has 0 unspecified atom stereocenters. The first-order valence-electron chi connectivity index (χ1n) is 12.4. The van der Waals surface area contributed by atoms with Crippen LogP contribution in [0.4, 0.5) is 0 Å². The van der Waals surface area contributed by atoms with Gasteiger partial charge in [-0.05, 0) is 59.9 Å². The van der Waals surface area contributed by atoms with Crippen molar-refractivity contribution in [1.29, 1.82) is 0 Å². The van der Waals surface area contributed by atoms with Crippen molar-refractivity contribution in [2.24, 2.45) is 35.5 Å². The van der Waals surface area contributed by atoms with Crippen molar-refractivity contribution in [2.75, 3.05) is 13.7 Å². The number of likely N-dealkylation sites (tertiary alicyclic amines) is 1. The maximum atomic E-state index is 13.6. The number of ether oxygens (including phenoxy) is 2. The van der Waals surface area contributed by atoms with Crippen molar-refractivity contribution in [1.82, 2.24) is 4.90 Å². The molecule has 2 aromatic rings. The summed E-state index contributed by atoms with van der Waals surface area (Å²) < 4.78 is 10.5. The van der Waals surface area contributed by atoms with E-state index in [1.54, 1.807) is 24.3 Å². The number of nitrogens with zero attached hydrogens (tertiary/aromatic N) is 1. The van der Waals surface area contributed by atoms with E-state index in [2.05, 4.69) is 12.2 Å². The highest BCUT2D eigenvalue weighted by Gasteiger charge is 2.68. The van der Waals surface area contributed by atoms with Gasteiger partial charge in [-0.25, -0.2) is 4.79 Å². The smallest absolute Gasteiger partial charge is 0.330 e. The molecule has 7 nitrogen and oxygen atoms in total. The van der Waals surface area contributed by atoms with Crippen LogP contribution >= 0.6 is 0 Å². The SMILES string of the molecule is COc1ccc(C(=O)COC(=O)[C@H](Cc2ccccc2)N2C(=O)[C@@H]3[C@@H]4C=C[C@H]([C@H]5C[C@H]45)[C@@H]3C2=O)cc1. The van der Waals surface area contributed by atoms with Gasteiger partial charge in [0.05, 0.1) is 18.9 Å². The minimum absolute atomic E-state index is 0.0662. The molecule has 3 fully saturated rings. The monoisotopic (exact) mass is 485 g/mol. The van der Waals surface area contributed by atoms with Crippen LogP contribution < -0.4 is 4.74 Å². The molecule has 0 radical (unpaired) electrons. The maximum absolute atomic E-state index is 13.6. The Labute approximate surface area is 209 Å². The van der Waals surface area contributed by atoms with Gasteiger partial charge in [0.15, 0.2) is 12.4 Å². The summed E-state index contributed by atoms with van der Waals surface area (Å²) in [7, 11) is 1.53. The Hall–Kier alpha value is -3.74. The summed E-state index contributed by atoms with van der Waals surface area (Å²) in [6, 6.07) is 14.6. The van der Waals surface area contributed by atoms with E-state index in [0.29, 0.717) is 23.1 Å². The van der Waals surface area contributed by atoms with Crippen LogP contribution in [0, 0.1) is 35.5 Å². The van der Waals surface area contributed by atoms with Crippen LogP contribution in [0.5, 0.6) is 5.75 Å². The molecule has 1 aliphatic heterocycles. The molecule has 4 aliphatic carbocycles. The first-order chi connectivity index (χ1) is 17.5. The van der Waals surface area contributed by atoms with E-state index in [0.717, 1.165) is 16.9 Å². The molecule has 7 rings (SSSR count). The fourth-order valence-electron chi connectivity index (χ4n) is 6.50. The highest BCUT2D eigenvalue weighted by Crippen LogP contribution is 2.65. The van der Waals surface area contributed by atoms with Crippen molar-refractivity contribution in [3.63, 3.8) is 0 Å². The van der Waals surface area contributed by atoms with Crippen LogP contribution in [0.2, 0.25) is 0 Å². The molecule has 36 heavy (non-hydrogen) atoms. The fourth-order valence-corrected chi connectivity index (χ4v) is 6.50. The summed E-state index contributed by atoms with van der Waals surface area (Å²) in [6.07, 6.45) is 5.42. The van der Waals surface area contributed by atoms with Crippen LogP contribution in [0.1, 0.15) is 22.3 Å². The average Bonchev–Trinajstić information content (AvgIpc) is 3.70. The normalized spacial score (nSPS) is 30.0. The van der Waals surface area contributed by atoms with Gasteiger partial charge in [-0.3, -0.25) is 19.3 Å². The second-order valence-electron chi connectivity index (χ2n) is 10.2. The van der Waals surface area contributed by atoms with E-state index in [9.17, 15) is 19.2 Å². The minimum Gasteiger partial charge on any atom is -0.497 e. The number of methoxy groups -OCH3 is 1. The second-order valence-corrected chi connectivity index (χ2v) is 10.2. The average molecular weight is 486 g/mol. The molecule has 1 saturated heterocycles. The molecule has 0 aromatic heterocycles. The molecular formula is C29H27NO6. The van der Waals surface area contributed by atoms with E-state index in [4.69, 9.17) is 9.47 Å². The van der Waals surface area contributed by atoms with Gasteiger partial charge in [0.1, 0.15) is 11.8 Å². The summed E-state index contributed by atoms with van der Waals surface area (Å²) >= 11 is 0. The molecule has 2 bridgehead atoms. The van der Waals surface area contributed by atoms with Crippen LogP contribution in [0.25, 0.3) is 0 Å². The lowest BCUT2D eigenvalue weighted by Gasteiger charge is -2.37. The predicted molar refractivity (Wildman–Crippen MR) is 129 cm³/mol. The second kappa shape index (κ2) is 8.73. The lowest BCUT2D eigenvalue weighted by molar-refractivity contribution is -0.158. The number of carbonyl (C=O) groups is 4. The van der Waals surface area contributed by atoms with Crippen LogP contribution in [0.3, 0.4) is 0 Å². The molecule has 0 N–H and O–H groups in total. The lowest BCUT2D eigenvalue weighted by atomic mass is 9.63. The number of allylic oxidation sites excluding steroid dienone is 2. The Kier molecular flexibility index (Phi) is 5.51.